The molecule has 6 heteroatoms. The van der Waals surface area contributed by atoms with Gasteiger partial charge in [0.05, 0.1) is 25.9 Å². The molecular weight excluding hydrogens is 306 g/mol. The molecule has 6 nitrogen and oxygen atoms in total. The average molecular weight is 323 g/mol. The Labute approximate surface area is 138 Å². The van der Waals surface area contributed by atoms with Gasteiger partial charge in [0.15, 0.2) is 11.5 Å². The van der Waals surface area contributed by atoms with Crippen LogP contribution in [0.15, 0.2) is 36.5 Å². The minimum atomic E-state index is -0.0405. The molecular formula is C18H17N3O3. The van der Waals surface area contributed by atoms with Gasteiger partial charge in [-0.25, -0.2) is 0 Å². The lowest BCUT2D eigenvalue weighted by Crippen LogP contribution is -2.23. The Morgan fingerprint density at radius 3 is 2.71 bits per heavy atom. The first kappa shape index (κ1) is 14.6. The molecule has 1 amide bonds. The third-order valence-corrected chi connectivity index (χ3v) is 4.46. The number of carbonyl (C=O) groups is 1. The highest BCUT2D eigenvalue weighted by Crippen LogP contribution is 2.43. The maximum atomic E-state index is 12.2. The smallest absolute Gasteiger partial charge is 0.225 e. The summed E-state index contributed by atoms with van der Waals surface area (Å²) in [6, 6.07) is 9.86. The van der Waals surface area contributed by atoms with Gasteiger partial charge in [-0.05, 0) is 23.3 Å². The van der Waals surface area contributed by atoms with Crippen LogP contribution in [0.25, 0.3) is 10.9 Å². The van der Waals surface area contributed by atoms with Crippen molar-refractivity contribution >= 4 is 22.5 Å². The van der Waals surface area contributed by atoms with Gasteiger partial charge >= 0.3 is 0 Å². The number of benzene rings is 2. The second-order valence-corrected chi connectivity index (χ2v) is 5.82. The number of rotatable bonds is 3. The molecule has 1 aromatic heterocycles. The van der Waals surface area contributed by atoms with Crippen molar-refractivity contribution in [3.63, 3.8) is 0 Å². The number of hydrogen-bond acceptors (Lipinski definition) is 4. The number of aromatic amines is 1. The fraction of sp³-hybridized carbons (Fsp3) is 0.222. The van der Waals surface area contributed by atoms with E-state index in [1.165, 1.54) is 0 Å². The van der Waals surface area contributed by atoms with Crippen LogP contribution in [0.2, 0.25) is 0 Å². The average Bonchev–Trinajstić information content (AvgIpc) is 3.07. The maximum absolute atomic E-state index is 12.2. The first-order valence-electron chi connectivity index (χ1n) is 7.68. The molecule has 3 aromatic rings. The molecule has 1 aliphatic heterocycles. The van der Waals surface area contributed by atoms with Crippen molar-refractivity contribution in [2.24, 2.45) is 0 Å². The highest BCUT2D eigenvalue weighted by molar-refractivity contribution is 5.96. The van der Waals surface area contributed by atoms with Gasteiger partial charge < -0.3 is 14.8 Å². The number of ether oxygens (including phenoxy) is 2. The predicted octanol–water partition coefficient (Wildman–Crippen LogP) is 3.05. The Hall–Kier alpha value is -3.02. The third-order valence-electron chi connectivity index (χ3n) is 4.46. The Bertz CT molecular complexity index is 932. The Kier molecular flexibility index (Phi) is 3.37. The topological polar surface area (TPSA) is 76.2 Å². The second kappa shape index (κ2) is 5.56. The molecule has 0 radical (unpaired) electrons. The highest BCUT2D eigenvalue weighted by Gasteiger charge is 2.28. The summed E-state index contributed by atoms with van der Waals surface area (Å²) in [6.45, 7) is 0. The lowest BCUT2D eigenvalue weighted by Gasteiger charge is -2.27. The number of hydrogen-bond donors (Lipinski definition) is 2. The number of amides is 1. The number of anilines is 1. The van der Waals surface area contributed by atoms with E-state index in [0.29, 0.717) is 17.9 Å². The van der Waals surface area contributed by atoms with Gasteiger partial charge in [-0.2, -0.15) is 5.10 Å². The van der Waals surface area contributed by atoms with Crippen LogP contribution >= 0.6 is 0 Å². The van der Waals surface area contributed by atoms with E-state index in [1.807, 2.05) is 30.3 Å². The maximum Gasteiger partial charge on any atom is 0.225 e. The number of fused-ring (bicyclic) bond motifs is 2. The monoisotopic (exact) mass is 323 g/mol. The van der Waals surface area contributed by atoms with E-state index < -0.39 is 0 Å². The standard InChI is InChI=1S/C18H17N3O3/c1-23-16-6-13-12(7-18(22)20-15(13)8-17(16)24-2)10-3-4-11-9-19-21-14(11)5-10/h3-6,8-9,12H,7H2,1-2H3,(H,19,21)(H,20,22). The van der Waals surface area contributed by atoms with E-state index >= 15 is 0 Å². The summed E-state index contributed by atoms with van der Waals surface area (Å²) in [4.78, 5) is 12.2. The summed E-state index contributed by atoms with van der Waals surface area (Å²) >= 11 is 0. The van der Waals surface area contributed by atoms with Crippen LogP contribution in [0, 0.1) is 0 Å². The molecule has 1 aliphatic rings. The molecule has 4 rings (SSSR count). The van der Waals surface area contributed by atoms with Crippen LogP contribution < -0.4 is 14.8 Å². The van der Waals surface area contributed by atoms with Gasteiger partial charge in [0, 0.05) is 29.5 Å². The van der Waals surface area contributed by atoms with Gasteiger partial charge in [-0.3, -0.25) is 9.89 Å². The van der Waals surface area contributed by atoms with Gasteiger partial charge in [-0.1, -0.05) is 12.1 Å². The van der Waals surface area contributed by atoms with E-state index in [1.54, 1.807) is 20.4 Å². The van der Waals surface area contributed by atoms with Crippen molar-refractivity contribution in [2.75, 3.05) is 19.5 Å². The molecule has 1 unspecified atom stereocenters. The first-order valence-corrected chi connectivity index (χ1v) is 7.68. The number of H-pyrrole nitrogens is 1. The predicted molar refractivity (Wildman–Crippen MR) is 90.7 cm³/mol. The fourth-order valence-corrected chi connectivity index (χ4v) is 3.26. The molecule has 0 saturated carbocycles. The van der Waals surface area contributed by atoms with E-state index in [-0.39, 0.29) is 11.8 Å². The van der Waals surface area contributed by atoms with Crippen LogP contribution in [0.3, 0.4) is 0 Å². The van der Waals surface area contributed by atoms with Crippen LogP contribution in [0.4, 0.5) is 5.69 Å². The minimum absolute atomic E-state index is 0.00979. The van der Waals surface area contributed by atoms with Crippen LogP contribution in [-0.2, 0) is 4.79 Å². The van der Waals surface area contributed by atoms with Crippen molar-refractivity contribution in [3.05, 3.63) is 47.7 Å². The fourth-order valence-electron chi connectivity index (χ4n) is 3.26. The van der Waals surface area contributed by atoms with Crippen LogP contribution in [0.5, 0.6) is 11.5 Å². The molecule has 122 valence electrons. The zero-order valence-electron chi connectivity index (χ0n) is 13.4. The Balaban J connectivity index is 1.86. The first-order chi connectivity index (χ1) is 11.7. The van der Waals surface area contributed by atoms with Gasteiger partial charge in [0.2, 0.25) is 5.91 Å². The molecule has 2 N–H and O–H groups in total. The molecule has 2 aromatic carbocycles. The number of methoxy groups -OCH3 is 2. The Morgan fingerprint density at radius 2 is 1.92 bits per heavy atom. The molecule has 0 bridgehead atoms. The van der Waals surface area contributed by atoms with Gasteiger partial charge in [0.1, 0.15) is 0 Å². The lowest BCUT2D eigenvalue weighted by molar-refractivity contribution is -0.116. The molecule has 0 aliphatic carbocycles. The van der Waals surface area contributed by atoms with Crippen molar-refractivity contribution in [2.45, 2.75) is 12.3 Å². The summed E-state index contributed by atoms with van der Waals surface area (Å²) in [5, 5.41) is 11.0. The SMILES string of the molecule is COc1cc2c(cc1OC)C(c1ccc3cn[nH]c3c1)CC(=O)N2. The zero-order valence-corrected chi connectivity index (χ0v) is 13.4. The largest absolute Gasteiger partial charge is 0.493 e. The molecule has 0 fully saturated rings. The lowest BCUT2D eigenvalue weighted by atomic mass is 9.84. The molecule has 24 heavy (non-hydrogen) atoms. The van der Waals surface area contributed by atoms with Crippen LogP contribution in [0.1, 0.15) is 23.5 Å². The third kappa shape index (κ3) is 2.27. The van der Waals surface area contributed by atoms with E-state index in [2.05, 4.69) is 15.5 Å². The van der Waals surface area contributed by atoms with Crippen LogP contribution in [-0.4, -0.2) is 30.3 Å². The second-order valence-electron chi connectivity index (χ2n) is 5.82. The highest BCUT2D eigenvalue weighted by atomic mass is 16.5. The number of carbonyl (C=O) groups excluding carboxylic acids is 1. The summed E-state index contributed by atoms with van der Waals surface area (Å²) in [5.41, 5.74) is 3.81. The number of nitrogens with zero attached hydrogens (tertiary/aromatic N) is 1. The quantitative estimate of drug-likeness (QED) is 0.777. The summed E-state index contributed by atoms with van der Waals surface area (Å²) in [5.74, 6) is 1.20. The zero-order chi connectivity index (χ0) is 16.7. The molecule has 1 atom stereocenters. The van der Waals surface area contributed by atoms with E-state index in [9.17, 15) is 4.79 Å². The summed E-state index contributed by atoms with van der Waals surface area (Å²) < 4.78 is 10.8. The van der Waals surface area contributed by atoms with Gasteiger partial charge in [0.25, 0.3) is 0 Å². The molecule has 0 spiro atoms. The molecule has 0 saturated heterocycles. The minimum Gasteiger partial charge on any atom is -0.493 e. The van der Waals surface area contributed by atoms with Crippen molar-refractivity contribution in [3.8, 4) is 11.5 Å². The van der Waals surface area contributed by atoms with E-state index in [4.69, 9.17) is 9.47 Å². The van der Waals surface area contributed by atoms with Gasteiger partial charge in [-0.15, -0.1) is 0 Å². The van der Waals surface area contributed by atoms with Crippen molar-refractivity contribution in [1.82, 2.24) is 10.2 Å². The van der Waals surface area contributed by atoms with Crippen molar-refractivity contribution in [1.29, 1.82) is 0 Å². The Morgan fingerprint density at radius 1 is 1.12 bits per heavy atom. The van der Waals surface area contributed by atoms with Crippen molar-refractivity contribution < 1.29 is 14.3 Å². The number of nitrogens with one attached hydrogen (secondary N) is 2. The number of aromatic nitrogens is 2. The van der Waals surface area contributed by atoms with E-state index in [0.717, 1.165) is 27.7 Å². The molecule has 2 heterocycles. The summed E-state index contributed by atoms with van der Waals surface area (Å²) in [7, 11) is 3.19. The summed E-state index contributed by atoms with van der Waals surface area (Å²) in [6.07, 6.45) is 2.18. The normalized spacial score (nSPS) is 16.6.